The van der Waals surface area contributed by atoms with E-state index in [1.165, 1.54) is 0 Å². The van der Waals surface area contributed by atoms with Gasteiger partial charge in [-0.15, -0.1) is 0 Å². The Kier molecular flexibility index (Phi) is 5.08. The third kappa shape index (κ3) is 3.55. The number of carbonyl (C=O) groups excluding carboxylic acids is 1. The van der Waals surface area contributed by atoms with E-state index in [9.17, 15) is 9.59 Å². The van der Waals surface area contributed by atoms with Crippen LogP contribution in [0.5, 0.6) is 0 Å². The molecule has 1 aromatic heterocycles. The number of carbonyl (C=O) groups is 2. The summed E-state index contributed by atoms with van der Waals surface area (Å²) in [6.07, 6.45) is -0.0373. The summed E-state index contributed by atoms with van der Waals surface area (Å²) in [5.41, 5.74) is 0. The van der Waals surface area contributed by atoms with Crippen LogP contribution in [0.25, 0.3) is 0 Å². The molecular weight excluding hydrogens is 282 g/mol. The summed E-state index contributed by atoms with van der Waals surface area (Å²) in [4.78, 5) is 24.9. The lowest BCUT2D eigenvalue weighted by Crippen LogP contribution is -2.47. The van der Waals surface area contributed by atoms with E-state index in [1.807, 2.05) is 0 Å². The molecule has 0 radical (unpaired) electrons. The van der Waals surface area contributed by atoms with Crippen LogP contribution in [0.15, 0.2) is 16.5 Å². The topological polar surface area (TPSA) is 80.0 Å². The molecule has 0 aliphatic carbocycles. The first-order valence-corrected chi connectivity index (χ1v) is 7.45. The van der Waals surface area contributed by atoms with Crippen molar-refractivity contribution < 1.29 is 23.8 Å². The zero-order valence-electron chi connectivity index (χ0n) is 11.2. The number of furan rings is 1. The molecule has 110 valence electrons. The van der Waals surface area contributed by atoms with Crippen molar-refractivity contribution in [3.05, 3.63) is 23.7 Å². The van der Waals surface area contributed by atoms with Gasteiger partial charge in [0.1, 0.15) is 12.4 Å². The average Bonchev–Trinajstić information content (AvgIpc) is 2.87. The standard InChI is InChI=1S/C13H17NO5S/c1-18-7-10-2-3-11(19-10)13(17)14-4-5-20-8-9(14)6-12(15)16/h2-3,9H,4-8H2,1H3,(H,15,16). The maximum Gasteiger partial charge on any atom is 0.305 e. The van der Waals surface area contributed by atoms with Gasteiger partial charge in [0.2, 0.25) is 0 Å². The van der Waals surface area contributed by atoms with E-state index in [0.717, 1.165) is 5.75 Å². The number of amides is 1. The number of carboxylic acids is 1. The Morgan fingerprint density at radius 3 is 3.05 bits per heavy atom. The first-order chi connectivity index (χ1) is 9.61. The molecule has 0 bridgehead atoms. The van der Waals surface area contributed by atoms with E-state index in [2.05, 4.69) is 0 Å². The average molecular weight is 299 g/mol. The zero-order chi connectivity index (χ0) is 14.5. The highest BCUT2D eigenvalue weighted by Gasteiger charge is 2.30. The first kappa shape index (κ1) is 14.9. The Hall–Kier alpha value is -1.47. The summed E-state index contributed by atoms with van der Waals surface area (Å²) in [6.45, 7) is 0.851. The first-order valence-electron chi connectivity index (χ1n) is 6.30. The number of hydrogen-bond donors (Lipinski definition) is 1. The molecule has 0 saturated carbocycles. The van der Waals surface area contributed by atoms with Crippen LogP contribution in [0.2, 0.25) is 0 Å². The predicted molar refractivity (Wildman–Crippen MR) is 73.8 cm³/mol. The molecule has 1 aromatic rings. The van der Waals surface area contributed by atoms with Crippen LogP contribution in [-0.2, 0) is 16.1 Å². The Morgan fingerprint density at radius 1 is 1.55 bits per heavy atom. The molecule has 1 aliphatic rings. The minimum atomic E-state index is -0.894. The summed E-state index contributed by atoms with van der Waals surface area (Å²) in [6, 6.07) is 3.02. The van der Waals surface area contributed by atoms with E-state index in [4.69, 9.17) is 14.3 Å². The van der Waals surface area contributed by atoms with Crippen LogP contribution < -0.4 is 0 Å². The number of hydrogen-bond acceptors (Lipinski definition) is 5. The number of aliphatic carboxylic acids is 1. The van der Waals surface area contributed by atoms with Crippen molar-refractivity contribution in [1.82, 2.24) is 4.90 Å². The van der Waals surface area contributed by atoms with Gasteiger partial charge in [-0.1, -0.05) is 0 Å². The highest BCUT2D eigenvalue weighted by molar-refractivity contribution is 7.99. The van der Waals surface area contributed by atoms with E-state index < -0.39 is 5.97 Å². The van der Waals surface area contributed by atoms with Crippen molar-refractivity contribution in [1.29, 1.82) is 0 Å². The molecule has 7 heteroatoms. The molecule has 1 fully saturated rings. The van der Waals surface area contributed by atoms with Gasteiger partial charge >= 0.3 is 5.97 Å². The smallest absolute Gasteiger partial charge is 0.305 e. The molecule has 1 unspecified atom stereocenters. The van der Waals surface area contributed by atoms with Crippen molar-refractivity contribution in [2.45, 2.75) is 19.1 Å². The van der Waals surface area contributed by atoms with E-state index >= 15 is 0 Å². The van der Waals surface area contributed by atoms with Crippen LogP contribution in [0, 0.1) is 0 Å². The van der Waals surface area contributed by atoms with Gasteiger partial charge in [-0.05, 0) is 12.1 Å². The fourth-order valence-corrected chi connectivity index (χ4v) is 3.21. The summed E-state index contributed by atoms with van der Waals surface area (Å²) >= 11 is 1.67. The van der Waals surface area contributed by atoms with Crippen molar-refractivity contribution in [3.63, 3.8) is 0 Å². The molecule has 1 saturated heterocycles. The Labute approximate surface area is 121 Å². The number of ether oxygens (including phenoxy) is 1. The molecule has 2 rings (SSSR count). The highest BCUT2D eigenvalue weighted by atomic mass is 32.2. The maximum absolute atomic E-state index is 12.4. The van der Waals surface area contributed by atoms with Gasteiger partial charge in [0.05, 0.1) is 12.5 Å². The van der Waals surface area contributed by atoms with Crippen LogP contribution in [-0.4, -0.2) is 53.1 Å². The lowest BCUT2D eigenvalue weighted by atomic mass is 10.2. The number of thioether (sulfide) groups is 1. The van der Waals surface area contributed by atoms with Crippen LogP contribution in [0.4, 0.5) is 0 Å². The molecule has 0 aromatic carbocycles. The molecule has 0 spiro atoms. The molecule has 20 heavy (non-hydrogen) atoms. The zero-order valence-corrected chi connectivity index (χ0v) is 12.0. The maximum atomic E-state index is 12.4. The lowest BCUT2D eigenvalue weighted by Gasteiger charge is -2.33. The monoisotopic (exact) mass is 299 g/mol. The van der Waals surface area contributed by atoms with E-state index in [-0.39, 0.29) is 24.1 Å². The number of rotatable bonds is 5. The quantitative estimate of drug-likeness (QED) is 0.886. The van der Waals surface area contributed by atoms with Crippen molar-refractivity contribution >= 4 is 23.6 Å². The summed E-state index contributed by atoms with van der Waals surface area (Å²) in [7, 11) is 1.55. The molecule has 1 amide bonds. The van der Waals surface area contributed by atoms with Crippen LogP contribution in [0.3, 0.4) is 0 Å². The Bertz CT molecular complexity index is 487. The van der Waals surface area contributed by atoms with Gasteiger partial charge in [0.15, 0.2) is 5.76 Å². The van der Waals surface area contributed by atoms with E-state index in [0.29, 0.717) is 24.7 Å². The van der Waals surface area contributed by atoms with Gasteiger partial charge in [0, 0.05) is 25.2 Å². The van der Waals surface area contributed by atoms with Gasteiger partial charge in [-0.2, -0.15) is 11.8 Å². The van der Waals surface area contributed by atoms with Crippen LogP contribution >= 0.6 is 11.8 Å². The van der Waals surface area contributed by atoms with Crippen molar-refractivity contribution in [2.24, 2.45) is 0 Å². The van der Waals surface area contributed by atoms with Gasteiger partial charge in [-0.25, -0.2) is 0 Å². The third-order valence-corrected chi connectivity index (χ3v) is 4.15. The largest absolute Gasteiger partial charge is 0.481 e. The second kappa shape index (κ2) is 6.81. The van der Waals surface area contributed by atoms with Crippen LogP contribution in [0.1, 0.15) is 22.7 Å². The predicted octanol–water partition coefficient (Wildman–Crippen LogP) is 1.46. The van der Waals surface area contributed by atoms with Gasteiger partial charge in [0.25, 0.3) is 5.91 Å². The summed E-state index contributed by atoms with van der Waals surface area (Å²) in [5.74, 6) is 1.13. The molecule has 1 N–H and O–H groups in total. The molecule has 6 nitrogen and oxygen atoms in total. The lowest BCUT2D eigenvalue weighted by molar-refractivity contribution is -0.138. The van der Waals surface area contributed by atoms with Crippen molar-refractivity contribution in [3.8, 4) is 0 Å². The Morgan fingerprint density at radius 2 is 2.35 bits per heavy atom. The number of carboxylic acid groups (broad SMARTS) is 1. The molecule has 1 atom stereocenters. The molecular formula is C13H17NO5S. The highest BCUT2D eigenvalue weighted by Crippen LogP contribution is 2.22. The second-order valence-corrected chi connectivity index (χ2v) is 5.67. The SMILES string of the molecule is COCc1ccc(C(=O)N2CCSCC2CC(=O)O)o1. The van der Waals surface area contributed by atoms with Gasteiger partial charge in [-0.3, -0.25) is 9.59 Å². The molecule has 2 heterocycles. The fraction of sp³-hybridized carbons (Fsp3) is 0.538. The molecule has 1 aliphatic heterocycles. The normalized spacial score (nSPS) is 19.1. The van der Waals surface area contributed by atoms with Crippen molar-refractivity contribution in [2.75, 3.05) is 25.2 Å². The number of methoxy groups -OCH3 is 1. The third-order valence-electron chi connectivity index (χ3n) is 3.06. The fourth-order valence-electron chi connectivity index (χ4n) is 2.15. The van der Waals surface area contributed by atoms with Gasteiger partial charge < -0.3 is 19.2 Å². The summed E-state index contributed by atoms with van der Waals surface area (Å²) in [5, 5.41) is 8.92. The minimum Gasteiger partial charge on any atom is -0.481 e. The summed E-state index contributed by atoms with van der Waals surface area (Å²) < 4.78 is 10.4. The van der Waals surface area contributed by atoms with E-state index in [1.54, 1.807) is 35.9 Å². The number of nitrogens with zero attached hydrogens (tertiary/aromatic N) is 1. The second-order valence-electron chi connectivity index (χ2n) is 4.52. The Balaban J connectivity index is 2.09. The minimum absolute atomic E-state index is 0.0373.